The van der Waals surface area contributed by atoms with Crippen molar-refractivity contribution in [3.05, 3.63) is 29.3 Å². The van der Waals surface area contributed by atoms with Crippen LogP contribution in [0.2, 0.25) is 0 Å². The van der Waals surface area contributed by atoms with Crippen LogP contribution in [-0.4, -0.2) is 49.1 Å². The number of carbonyl (C=O) groups excluding carboxylic acids is 2. The second-order valence-corrected chi connectivity index (χ2v) is 7.21. The molecule has 8 heteroatoms. The van der Waals surface area contributed by atoms with Crippen molar-refractivity contribution < 1.29 is 27.5 Å². The molecule has 1 heterocycles. The normalized spacial score (nSPS) is 15.4. The number of nitrogens with one attached hydrogen (secondary N) is 1. The number of alkyl halides is 3. The highest BCUT2D eigenvalue weighted by Crippen LogP contribution is 2.24. The second kappa shape index (κ2) is 9.80. The first kappa shape index (κ1) is 22.0. The van der Waals surface area contributed by atoms with E-state index in [2.05, 4.69) is 5.32 Å². The van der Waals surface area contributed by atoms with Crippen molar-refractivity contribution in [2.45, 2.75) is 45.7 Å². The van der Waals surface area contributed by atoms with Gasteiger partial charge in [-0.25, -0.2) is 0 Å². The molecule has 0 aliphatic carbocycles. The van der Waals surface area contributed by atoms with Crippen LogP contribution in [0.3, 0.4) is 0 Å². The van der Waals surface area contributed by atoms with Gasteiger partial charge in [0.25, 0.3) is 0 Å². The Hall–Kier alpha value is -2.25. The molecule has 1 aliphatic heterocycles. The zero-order valence-electron chi connectivity index (χ0n) is 16.3. The number of hydrogen-bond acceptors (Lipinski definition) is 3. The number of ether oxygens (including phenoxy) is 1. The minimum Gasteiger partial charge on any atom is -0.493 e. The van der Waals surface area contributed by atoms with E-state index in [4.69, 9.17) is 4.74 Å². The summed E-state index contributed by atoms with van der Waals surface area (Å²) in [6, 6.07) is 5.92. The predicted molar refractivity (Wildman–Crippen MR) is 99.0 cm³/mol. The summed E-state index contributed by atoms with van der Waals surface area (Å²) in [5.74, 6) is -0.937. The Kier molecular flexibility index (Phi) is 7.71. The lowest BCUT2D eigenvalue weighted by Crippen LogP contribution is -2.46. The molecule has 2 rings (SSSR count). The van der Waals surface area contributed by atoms with Crippen LogP contribution in [0.1, 0.15) is 36.8 Å². The highest BCUT2D eigenvalue weighted by Gasteiger charge is 2.43. The van der Waals surface area contributed by atoms with Gasteiger partial charge in [-0.05, 0) is 50.2 Å². The highest BCUT2D eigenvalue weighted by molar-refractivity contribution is 5.81. The molecule has 5 nitrogen and oxygen atoms in total. The maximum atomic E-state index is 12.4. The number of piperidine rings is 1. The van der Waals surface area contributed by atoms with E-state index in [1.54, 1.807) is 0 Å². The van der Waals surface area contributed by atoms with Crippen molar-refractivity contribution in [3.8, 4) is 5.75 Å². The van der Waals surface area contributed by atoms with E-state index in [-0.39, 0.29) is 24.9 Å². The Balaban J connectivity index is 1.61. The van der Waals surface area contributed by atoms with Gasteiger partial charge in [-0.2, -0.15) is 13.2 Å². The Morgan fingerprint density at radius 3 is 2.36 bits per heavy atom. The van der Waals surface area contributed by atoms with Crippen molar-refractivity contribution in [1.29, 1.82) is 0 Å². The van der Waals surface area contributed by atoms with Gasteiger partial charge in [-0.3, -0.25) is 9.59 Å². The number of para-hydroxylation sites is 1. The van der Waals surface area contributed by atoms with Gasteiger partial charge in [0.1, 0.15) is 5.75 Å². The third kappa shape index (κ3) is 6.42. The maximum absolute atomic E-state index is 12.4. The summed E-state index contributed by atoms with van der Waals surface area (Å²) in [6.45, 7) is 4.96. The van der Waals surface area contributed by atoms with Crippen LogP contribution < -0.4 is 10.1 Å². The quantitative estimate of drug-likeness (QED) is 0.714. The topological polar surface area (TPSA) is 58.6 Å². The fraction of sp³-hybridized carbons (Fsp3) is 0.600. The number of nitrogens with zero attached hydrogens (tertiary/aromatic N) is 1. The molecule has 0 aromatic heterocycles. The summed E-state index contributed by atoms with van der Waals surface area (Å²) < 4.78 is 43.0. The summed E-state index contributed by atoms with van der Waals surface area (Å²) in [5, 5.41) is 2.83. The zero-order chi connectivity index (χ0) is 20.7. The third-order valence-corrected chi connectivity index (χ3v) is 4.94. The lowest BCUT2D eigenvalue weighted by molar-refractivity contribution is -0.186. The number of hydrogen-bond donors (Lipinski definition) is 1. The maximum Gasteiger partial charge on any atom is 0.471 e. The molecule has 156 valence electrons. The monoisotopic (exact) mass is 400 g/mol. The Labute approximate surface area is 163 Å². The van der Waals surface area contributed by atoms with E-state index in [1.807, 2.05) is 32.0 Å². The summed E-state index contributed by atoms with van der Waals surface area (Å²) in [4.78, 5) is 24.0. The average Bonchev–Trinajstić information content (AvgIpc) is 2.64. The van der Waals surface area contributed by atoms with Crippen LogP contribution in [0, 0.1) is 19.8 Å². The molecular weight excluding hydrogens is 373 g/mol. The number of likely N-dealkylation sites (tertiary alicyclic amines) is 1. The Morgan fingerprint density at radius 1 is 1.18 bits per heavy atom. The first-order valence-electron chi connectivity index (χ1n) is 9.50. The molecule has 0 bridgehead atoms. The SMILES string of the molecule is Cc1cccc(C)c1OCCCC(=O)NCC1CCN(C(=O)C(F)(F)F)CC1. The van der Waals surface area contributed by atoms with E-state index in [1.165, 1.54) is 0 Å². The van der Waals surface area contributed by atoms with E-state index in [0.717, 1.165) is 21.8 Å². The summed E-state index contributed by atoms with van der Waals surface area (Å²) >= 11 is 0. The van der Waals surface area contributed by atoms with Crippen LogP contribution in [0.25, 0.3) is 0 Å². The van der Waals surface area contributed by atoms with Gasteiger partial charge in [-0.15, -0.1) is 0 Å². The smallest absolute Gasteiger partial charge is 0.471 e. The van der Waals surface area contributed by atoms with Gasteiger partial charge in [0.15, 0.2) is 0 Å². The molecule has 1 aliphatic rings. The fourth-order valence-electron chi connectivity index (χ4n) is 3.30. The lowest BCUT2D eigenvalue weighted by Gasteiger charge is -2.32. The number of benzene rings is 1. The first-order chi connectivity index (χ1) is 13.2. The molecule has 1 fully saturated rings. The fourth-order valence-corrected chi connectivity index (χ4v) is 3.30. The van der Waals surface area contributed by atoms with Crippen LogP contribution >= 0.6 is 0 Å². The van der Waals surface area contributed by atoms with Crippen molar-refractivity contribution in [2.75, 3.05) is 26.2 Å². The minimum absolute atomic E-state index is 0.0719. The van der Waals surface area contributed by atoms with Gasteiger partial charge >= 0.3 is 12.1 Å². The summed E-state index contributed by atoms with van der Waals surface area (Å²) in [7, 11) is 0. The molecule has 0 radical (unpaired) electrons. The molecule has 28 heavy (non-hydrogen) atoms. The number of amides is 2. The van der Waals surface area contributed by atoms with Gasteiger partial charge in [0.2, 0.25) is 5.91 Å². The van der Waals surface area contributed by atoms with Gasteiger partial charge < -0.3 is 15.0 Å². The minimum atomic E-state index is -4.82. The van der Waals surface area contributed by atoms with E-state index >= 15 is 0 Å². The largest absolute Gasteiger partial charge is 0.493 e. The van der Waals surface area contributed by atoms with E-state index < -0.39 is 12.1 Å². The molecule has 0 unspecified atom stereocenters. The van der Waals surface area contributed by atoms with E-state index in [9.17, 15) is 22.8 Å². The van der Waals surface area contributed by atoms with E-state index in [0.29, 0.717) is 38.8 Å². The summed E-state index contributed by atoms with van der Waals surface area (Å²) in [6.07, 6.45) is -3.00. The summed E-state index contributed by atoms with van der Waals surface area (Å²) in [5.41, 5.74) is 2.11. The molecule has 1 aromatic rings. The molecule has 1 N–H and O–H groups in total. The molecule has 2 amide bonds. The number of carbonyl (C=O) groups is 2. The molecular formula is C20H27F3N2O3. The van der Waals surface area contributed by atoms with Gasteiger partial charge in [0.05, 0.1) is 6.61 Å². The third-order valence-electron chi connectivity index (χ3n) is 4.94. The molecule has 0 spiro atoms. The standard InChI is InChI=1S/C20H27F3N2O3/c1-14-5-3-6-15(2)18(14)28-12-4-7-17(26)24-13-16-8-10-25(11-9-16)19(27)20(21,22)23/h3,5-6,16H,4,7-13H2,1-2H3,(H,24,26). The molecule has 1 saturated heterocycles. The molecule has 0 saturated carbocycles. The molecule has 0 atom stereocenters. The van der Waals surface area contributed by atoms with Crippen LogP contribution in [0.4, 0.5) is 13.2 Å². The van der Waals surface area contributed by atoms with Crippen molar-refractivity contribution >= 4 is 11.8 Å². The van der Waals surface area contributed by atoms with Gasteiger partial charge in [0, 0.05) is 26.1 Å². The van der Waals surface area contributed by atoms with Crippen molar-refractivity contribution in [3.63, 3.8) is 0 Å². The Bertz CT molecular complexity index is 664. The second-order valence-electron chi connectivity index (χ2n) is 7.21. The Morgan fingerprint density at radius 2 is 1.79 bits per heavy atom. The average molecular weight is 400 g/mol. The number of halogens is 3. The van der Waals surface area contributed by atoms with Crippen molar-refractivity contribution in [1.82, 2.24) is 10.2 Å². The van der Waals surface area contributed by atoms with Crippen LogP contribution in [0.5, 0.6) is 5.75 Å². The van der Waals surface area contributed by atoms with Crippen molar-refractivity contribution in [2.24, 2.45) is 5.92 Å². The predicted octanol–water partition coefficient (Wildman–Crippen LogP) is 3.38. The molecule has 1 aromatic carbocycles. The zero-order valence-corrected chi connectivity index (χ0v) is 16.3. The van der Waals surface area contributed by atoms with Crippen LogP contribution in [0.15, 0.2) is 18.2 Å². The lowest BCUT2D eigenvalue weighted by atomic mass is 9.96. The van der Waals surface area contributed by atoms with Gasteiger partial charge in [-0.1, -0.05) is 18.2 Å². The number of aryl methyl sites for hydroxylation is 2. The van der Waals surface area contributed by atoms with Crippen LogP contribution in [-0.2, 0) is 9.59 Å². The highest BCUT2D eigenvalue weighted by atomic mass is 19.4. The first-order valence-corrected chi connectivity index (χ1v) is 9.50. The number of rotatable bonds is 7.